The van der Waals surface area contributed by atoms with Gasteiger partial charge >= 0.3 is 0 Å². The second kappa shape index (κ2) is 6.75. The zero-order chi connectivity index (χ0) is 12.1. The lowest BCUT2D eigenvalue weighted by molar-refractivity contribution is 0.171. The summed E-state index contributed by atoms with van der Waals surface area (Å²) in [5.74, 6) is 0.872. The molecule has 1 aliphatic carbocycles. The molecule has 0 spiro atoms. The summed E-state index contributed by atoms with van der Waals surface area (Å²) in [4.78, 5) is 2.50. The average molecular weight is 238 g/mol. The van der Waals surface area contributed by atoms with Gasteiger partial charge in [-0.3, -0.25) is 0 Å². The summed E-state index contributed by atoms with van der Waals surface area (Å²) in [6.07, 6.45) is 11.4. The SMILES string of the molecule is CC(NC1CCCCCC1)C1CCCN(C)C1. The van der Waals surface area contributed by atoms with Crippen LogP contribution in [-0.4, -0.2) is 37.1 Å². The molecule has 0 amide bonds. The Kier molecular flexibility index (Phi) is 5.30. The topological polar surface area (TPSA) is 15.3 Å². The molecule has 1 N–H and O–H groups in total. The second-order valence-corrected chi connectivity index (χ2v) is 6.31. The van der Waals surface area contributed by atoms with Crippen LogP contribution in [0.4, 0.5) is 0 Å². The molecule has 0 radical (unpaired) electrons. The quantitative estimate of drug-likeness (QED) is 0.760. The number of rotatable bonds is 3. The summed E-state index contributed by atoms with van der Waals surface area (Å²) in [6, 6.07) is 1.51. The average Bonchev–Trinajstić information content (AvgIpc) is 2.57. The van der Waals surface area contributed by atoms with Crippen LogP contribution in [0.5, 0.6) is 0 Å². The number of hydrogen-bond donors (Lipinski definition) is 1. The predicted molar refractivity (Wildman–Crippen MR) is 74.3 cm³/mol. The van der Waals surface area contributed by atoms with Crippen molar-refractivity contribution in [2.45, 2.75) is 70.4 Å². The highest BCUT2D eigenvalue weighted by atomic mass is 15.1. The minimum absolute atomic E-state index is 0.709. The van der Waals surface area contributed by atoms with Gasteiger partial charge in [0.15, 0.2) is 0 Å². The van der Waals surface area contributed by atoms with Crippen molar-refractivity contribution in [1.82, 2.24) is 10.2 Å². The predicted octanol–water partition coefficient (Wildman–Crippen LogP) is 3.03. The Balaban J connectivity index is 1.76. The van der Waals surface area contributed by atoms with Gasteiger partial charge in [-0.2, -0.15) is 0 Å². The van der Waals surface area contributed by atoms with Crippen molar-refractivity contribution in [3.8, 4) is 0 Å². The normalized spacial score (nSPS) is 31.1. The lowest BCUT2D eigenvalue weighted by Gasteiger charge is -2.35. The first-order valence-electron chi connectivity index (χ1n) is 7.70. The lowest BCUT2D eigenvalue weighted by Crippen LogP contribution is -2.46. The van der Waals surface area contributed by atoms with Crippen LogP contribution in [0.15, 0.2) is 0 Å². The van der Waals surface area contributed by atoms with Gasteiger partial charge < -0.3 is 10.2 Å². The van der Waals surface area contributed by atoms with Gasteiger partial charge in [-0.15, -0.1) is 0 Å². The molecule has 0 bridgehead atoms. The van der Waals surface area contributed by atoms with Gasteiger partial charge in [0.1, 0.15) is 0 Å². The number of piperidine rings is 1. The van der Waals surface area contributed by atoms with Crippen molar-refractivity contribution < 1.29 is 0 Å². The van der Waals surface area contributed by atoms with E-state index in [0.29, 0.717) is 6.04 Å². The van der Waals surface area contributed by atoms with E-state index in [9.17, 15) is 0 Å². The fourth-order valence-electron chi connectivity index (χ4n) is 3.57. The first-order chi connectivity index (χ1) is 8.25. The number of nitrogens with zero attached hydrogens (tertiary/aromatic N) is 1. The van der Waals surface area contributed by atoms with Crippen molar-refractivity contribution >= 4 is 0 Å². The van der Waals surface area contributed by atoms with E-state index in [0.717, 1.165) is 12.0 Å². The Labute approximate surface area is 107 Å². The Morgan fingerprint density at radius 1 is 1.00 bits per heavy atom. The summed E-state index contributed by atoms with van der Waals surface area (Å²) in [6.45, 7) is 5.00. The highest BCUT2D eigenvalue weighted by molar-refractivity contribution is 4.82. The molecule has 2 nitrogen and oxygen atoms in total. The van der Waals surface area contributed by atoms with Crippen molar-refractivity contribution in [2.24, 2.45) is 5.92 Å². The van der Waals surface area contributed by atoms with Gasteiger partial charge in [0.25, 0.3) is 0 Å². The molecule has 1 saturated heterocycles. The van der Waals surface area contributed by atoms with Crippen LogP contribution in [0.1, 0.15) is 58.3 Å². The van der Waals surface area contributed by atoms with E-state index < -0.39 is 0 Å². The van der Waals surface area contributed by atoms with E-state index in [-0.39, 0.29) is 0 Å². The van der Waals surface area contributed by atoms with Gasteiger partial charge in [0.2, 0.25) is 0 Å². The third-order valence-electron chi connectivity index (χ3n) is 4.72. The van der Waals surface area contributed by atoms with E-state index in [1.807, 2.05) is 0 Å². The van der Waals surface area contributed by atoms with Crippen LogP contribution in [0, 0.1) is 5.92 Å². The van der Waals surface area contributed by atoms with Gasteiger partial charge in [-0.05, 0) is 52.1 Å². The van der Waals surface area contributed by atoms with E-state index in [2.05, 4.69) is 24.2 Å². The minimum atomic E-state index is 0.709. The Morgan fingerprint density at radius 3 is 2.35 bits per heavy atom. The zero-order valence-corrected chi connectivity index (χ0v) is 11.8. The van der Waals surface area contributed by atoms with Gasteiger partial charge in [0.05, 0.1) is 0 Å². The molecule has 0 aromatic rings. The number of hydrogen-bond acceptors (Lipinski definition) is 2. The standard InChI is InChI=1S/C15H30N2/c1-13(14-8-7-11-17(2)12-14)16-15-9-5-3-4-6-10-15/h13-16H,3-12H2,1-2H3. The fraction of sp³-hybridized carbons (Fsp3) is 1.00. The summed E-state index contributed by atoms with van der Waals surface area (Å²) >= 11 is 0. The van der Waals surface area contributed by atoms with Crippen LogP contribution in [0.3, 0.4) is 0 Å². The fourth-order valence-corrected chi connectivity index (χ4v) is 3.57. The van der Waals surface area contributed by atoms with E-state index in [1.165, 1.54) is 64.5 Å². The van der Waals surface area contributed by atoms with E-state index in [4.69, 9.17) is 0 Å². The Hall–Kier alpha value is -0.0800. The Bertz CT molecular complexity index is 209. The van der Waals surface area contributed by atoms with Crippen molar-refractivity contribution in [3.63, 3.8) is 0 Å². The smallest absolute Gasteiger partial charge is 0.00818 e. The summed E-state index contributed by atoms with van der Waals surface area (Å²) in [5, 5.41) is 3.92. The van der Waals surface area contributed by atoms with Crippen LogP contribution >= 0.6 is 0 Å². The number of likely N-dealkylation sites (tertiary alicyclic amines) is 1. The second-order valence-electron chi connectivity index (χ2n) is 6.31. The summed E-state index contributed by atoms with van der Waals surface area (Å²) in [7, 11) is 2.27. The summed E-state index contributed by atoms with van der Waals surface area (Å²) < 4.78 is 0. The number of nitrogens with one attached hydrogen (secondary N) is 1. The minimum Gasteiger partial charge on any atom is -0.311 e. The van der Waals surface area contributed by atoms with Crippen LogP contribution in [-0.2, 0) is 0 Å². The van der Waals surface area contributed by atoms with Crippen LogP contribution in [0.25, 0.3) is 0 Å². The third kappa shape index (κ3) is 4.26. The molecule has 1 aliphatic heterocycles. The molecule has 2 heteroatoms. The van der Waals surface area contributed by atoms with Crippen molar-refractivity contribution in [3.05, 3.63) is 0 Å². The maximum Gasteiger partial charge on any atom is 0.00818 e. The highest BCUT2D eigenvalue weighted by Crippen LogP contribution is 2.22. The van der Waals surface area contributed by atoms with Gasteiger partial charge in [0, 0.05) is 18.6 Å². The molecular formula is C15H30N2. The molecule has 2 aliphatic rings. The van der Waals surface area contributed by atoms with Crippen molar-refractivity contribution in [1.29, 1.82) is 0 Å². The maximum atomic E-state index is 3.92. The van der Waals surface area contributed by atoms with Gasteiger partial charge in [-0.25, -0.2) is 0 Å². The van der Waals surface area contributed by atoms with Crippen LogP contribution < -0.4 is 5.32 Å². The van der Waals surface area contributed by atoms with E-state index >= 15 is 0 Å². The summed E-state index contributed by atoms with van der Waals surface area (Å²) in [5.41, 5.74) is 0. The molecule has 100 valence electrons. The molecule has 17 heavy (non-hydrogen) atoms. The molecule has 1 saturated carbocycles. The molecule has 0 aromatic carbocycles. The Morgan fingerprint density at radius 2 is 1.71 bits per heavy atom. The lowest BCUT2D eigenvalue weighted by atomic mass is 9.91. The maximum absolute atomic E-state index is 3.92. The molecule has 1 heterocycles. The third-order valence-corrected chi connectivity index (χ3v) is 4.72. The first-order valence-corrected chi connectivity index (χ1v) is 7.70. The molecule has 2 rings (SSSR count). The molecule has 2 atom stereocenters. The molecule has 2 unspecified atom stereocenters. The highest BCUT2D eigenvalue weighted by Gasteiger charge is 2.24. The zero-order valence-electron chi connectivity index (χ0n) is 11.8. The van der Waals surface area contributed by atoms with E-state index in [1.54, 1.807) is 0 Å². The van der Waals surface area contributed by atoms with Crippen LogP contribution in [0.2, 0.25) is 0 Å². The monoisotopic (exact) mass is 238 g/mol. The van der Waals surface area contributed by atoms with Gasteiger partial charge in [-0.1, -0.05) is 25.7 Å². The largest absolute Gasteiger partial charge is 0.311 e. The molecule has 2 fully saturated rings. The first kappa shape index (κ1) is 13.4. The molecule has 0 aromatic heterocycles. The molecular weight excluding hydrogens is 208 g/mol. The van der Waals surface area contributed by atoms with Crippen molar-refractivity contribution in [2.75, 3.05) is 20.1 Å².